The van der Waals surface area contributed by atoms with Crippen molar-refractivity contribution in [1.29, 1.82) is 0 Å². The van der Waals surface area contributed by atoms with Crippen molar-refractivity contribution in [1.82, 2.24) is 0 Å². The molecule has 1 rings (SSSR count). The second-order valence-electron chi connectivity index (χ2n) is 3.75. The highest BCUT2D eigenvalue weighted by atomic mass is 127. The molecule has 1 saturated heterocycles. The van der Waals surface area contributed by atoms with E-state index in [4.69, 9.17) is 14.0 Å². The third-order valence-corrected chi connectivity index (χ3v) is 4.66. The Morgan fingerprint density at radius 1 is 1.56 bits per heavy atom. The van der Waals surface area contributed by atoms with E-state index in [1.807, 2.05) is 0 Å². The molecule has 96 valence electrons. The van der Waals surface area contributed by atoms with Crippen LogP contribution in [0, 0.1) is 0 Å². The summed E-state index contributed by atoms with van der Waals surface area (Å²) in [5.74, 6) is 0. The number of methoxy groups -OCH3 is 1. The molecule has 16 heavy (non-hydrogen) atoms. The van der Waals surface area contributed by atoms with E-state index < -0.39 is 7.60 Å². The maximum Gasteiger partial charge on any atom is 0.328 e. The molecule has 7 heteroatoms. The molecule has 0 aromatic carbocycles. The van der Waals surface area contributed by atoms with Gasteiger partial charge in [0.2, 0.25) is 0 Å². The molecule has 0 saturated carbocycles. The van der Waals surface area contributed by atoms with Crippen LogP contribution in [0.5, 0.6) is 0 Å². The van der Waals surface area contributed by atoms with Gasteiger partial charge in [0.05, 0.1) is 18.9 Å². The summed E-state index contributed by atoms with van der Waals surface area (Å²) in [6, 6.07) is 0. The van der Waals surface area contributed by atoms with Crippen LogP contribution in [0.4, 0.5) is 0 Å². The summed E-state index contributed by atoms with van der Waals surface area (Å²) in [7, 11) is -1.89. The van der Waals surface area contributed by atoms with Crippen molar-refractivity contribution in [3.05, 3.63) is 0 Å². The van der Waals surface area contributed by atoms with E-state index in [0.717, 1.165) is 12.8 Å². The summed E-state index contributed by atoms with van der Waals surface area (Å²) in [6.45, 7) is 0.684. The second kappa shape index (κ2) is 7.28. The first-order chi connectivity index (χ1) is 7.53. The number of rotatable bonds is 7. The summed E-state index contributed by atoms with van der Waals surface area (Å²) in [6.07, 6.45) is 2.51. The van der Waals surface area contributed by atoms with Crippen molar-refractivity contribution in [3.63, 3.8) is 0 Å². The molecule has 5 nitrogen and oxygen atoms in total. The first-order valence-corrected chi connectivity index (χ1v) is 8.29. The van der Waals surface area contributed by atoms with Crippen LogP contribution in [0.3, 0.4) is 0 Å². The van der Waals surface area contributed by atoms with Crippen molar-refractivity contribution >= 4 is 30.2 Å². The van der Waals surface area contributed by atoms with Gasteiger partial charge in [0.15, 0.2) is 0 Å². The number of hydrogen-bond acceptors (Lipinski definition) is 4. The standard InChI is InChI=1S/C9H18IO5P/c1-13-5-2-6-16(11,12)14-7-8-3-4-9(10)15-8/h8-9H,2-7H2,1H3,(H,11,12). The maximum absolute atomic E-state index is 11.5. The molecule has 0 bridgehead atoms. The van der Waals surface area contributed by atoms with Gasteiger partial charge in [-0.3, -0.25) is 4.57 Å². The monoisotopic (exact) mass is 364 g/mol. The van der Waals surface area contributed by atoms with E-state index in [0.29, 0.717) is 13.0 Å². The molecule has 3 unspecified atom stereocenters. The van der Waals surface area contributed by atoms with Gasteiger partial charge < -0.3 is 18.9 Å². The molecule has 1 heterocycles. The van der Waals surface area contributed by atoms with Gasteiger partial charge in [-0.2, -0.15) is 0 Å². The lowest BCUT2D eigenvalue weighted by molar-refractivity contribution is 0.0561. The fourth-order valence-electron chi connectivity index (χ4n) is 1.46. The van der Waals surface area contributed by atoms with Gasteiger partial charge >= 0.3 is 7.60 Å². The van der Waals surface area contributed by atoms with Gasteiger partial charge in [-0.25, -0.2) is 0 Å². The van der Waals surface area contributed by atoms with E-state index in [1.165, 1.54) is 0 Å². The van der Waals surface area contributed by atoms with Crippen LogP contribution in [-0.4, -0.2) is 41.6 Å². The molecular weight excluding hydrogens is 346 g/mol. The van der Waals surface area contributed by atoms with E-state index in [9.17, 15) is 9.46 Å². The molecule has 0 amide bonds. The summed E-state index contributed by atoms with van der Waals surface area (Å²) in [5, 5.41) is 0. The minimum atomic E-state index is -3.46. The Morgan fingerprint density at radius 3 is 2.88 bits per heavy atom. The van der Waals surface area contributed by atoms with Gasteiger partial charge in [0.1, 0.15) is 4.11 Å². The molecule has 1 aliphatic heterocycles. The lowest BCUT2D eigenvalue weighted by Crippen LogP contribution is -2.15. The van der Waals surface area contributed by atoms with E-state index in [1.54, 1.807) is 7.11 Å². The predicted molar refractivity (Wildman–Crippen MR) is 69.1 cm³/mol. The summed E-state index contributed by atoms with van der Waals surface area (Å²) in [5.41, 5.74) is 0. The Balaban J connectivity index is 2.17. The average molecular weight is 364 g/mol. The van der Waals surface area contributed by atoms with Gasteiger partial charge in [-0.1, -0.05) is 22.6 Å². The normalized spacial score (nSPS) is 29.2. The quantitative estimate of drug-likeness (QED) is 0.325. The first kappa shape index (κ1) is 14.9. The smallest absolute Gasteiger partial charge is 0.328 e. The van der Waals surface area contributed by atoms with Crippen LogP contribution in [0.15, 0.2) is 0 Å². The highest BCUT2D eigenvalue weighted by Gasteiger charge is 2.26. The lowest BCUT2D eigenvalue weighted by atomic mass is 10.2. The van der Waals surface area contributed by atoms with Crippen molar-refractivity contribution in [2.75, 3.05) is 26.5 Å². The van der Waals surface area contributed by atoms with E-state index in [2.05, 4.69) is 22.6 Å². The molecule has 0 aromatic rings. The molecule has 0 aliphatic carbocycles. The molecule has 0 radical (unpaired) electrons. The molecule has 1 aliphatic rings. The van der Waals surface area contributed by atoms with Crippen LogP contribution >= 0.6 is 30.2 Å². The minimum absolute atomic E-state index is 0.0372. The highest BCUT2D eigenvalue weighted by Crippen LogP contribution is 2.43. The number of ether oxygens (including phenoxy) is 2. The zero-order valence-corrected chi connectivity index (χ0v) is 12.4. The molecule has 1 fully saturated rings. The number of hydrogen-bond donors (Lipinski definition) is 1. The van der Waals surface area contributed by atoms with Crippen molar-refractivity contribution < 1.29 is 23.5 Å². The maximum atomic E-state index is 11.5. The van der Waals surface area contributed by atoms with Crippen LogP contribution in [0.25, 0.3) is 0 Å². The van der Waals surface area contributed by atoms with Gasteiger partial charge in [-0.05, 0) is 19.3 Å². The van der Waals surface area contributed by atoms with Crippen LogP contribution in [0.2, 0.25) is 0 Å². The SMILES string of the molecule is COCCCP(=O)(O)OCC1CCC(I)O1. The average Bonchev–Trinajstić information content (AvgIpc) is 2.62. The fraction of sp³-hybridized carbons (Fsp3) is 1.00. The van der Waals surface area contributed by atoms with Crippen molar-refractivity contribution in [2.45, 2.75) is 29.5 Å². The molecule has 0 aromatic heterocycles. The lowest BCUT2D eigenvalue weighted by Gasteiger charge is -2.15. The van der Waals surface area contributed by atoms with Crippen molar-refractivity contribution in [2.24, 2.45) is 0 Å². The third kappa shape index (κ3) is 5.93. The first-order valence-electron chi connectivity index (χ1n) is 5.28. The highest BCUT2D eigenvalue weighted by molar-refractivity contribution is 14.1. The van der Waals surface area contributed by atoms with Gasteiger partial charge in [0.25, 0.3) is 0 Å². The van der Waals surface area contributed by atoms with Crippen LogP contribution in [0.1, 0.15) is 19.3 Å². The Kier molecular flexibility index (Phi) is 6.76. The Labute approximate surface area is 110 Å². The fourth-order valence-corrected chi connectivity index (χ4v) is 3.29. The number of alkyl halides is 1. The van der Waals surface area contributed by atoms with Crippen LogP contribution < -0.4 is 0 Å². The Morgan fingerprint density at radius 2 is 2.31 bits per heavy atom. The third-order valence-electron chi connectivity index (χ3n) is 2.31. The number of halogens is 1. The zero-order chi connectivity index (χ0) is 12.0. The minimum Gasteiger partial charge on any atom is -0.385 e. The summed E-state index contributed by atoms with van der Waals surface area (Å²) < 4.78 is 27.1. The predicted octanol–water partition coefficient (Wildman–Crippen LogP) is 2.17. The Bertz CT molecular complexity index is 250. The van der Waals surface area contributed by atoms with E-state index in [-0.39, 0.29) is 23.0 Å². The summed E-state index contributed by atoms with van der Waals surface area (Å²) in [4.78, 5) is 9.49. The second-order valence-corrected chi connectivity index (χ2v) is 7.12. The topological polar surface area (TPSA) is 65.0 Å². The Hall–Kier alpha value is 0.800. The van der Waals surface area contributed by atoms with Crippen LogP contribution in [-0.2, 0) is 18.6 Å². The summed E-state index contributed by atoms with van der Waals surface area (Å²) >= 11 is 2.21. The van der Waals surface area contributed by atoms with E-state index >= 15 is 0 Å². The molecule has 1 N–H and O–H groups in total. The van der Waals surface area contributed by atoms with Gasteiger partial charge in [-0.15, -0.1) is 0 Å². The van der Waals surface area contributed by atoms with Gasteiger partial charge in [0, 0.05) is 13.7 Å². The zero-order valence-electron chi connectivity index (χ0n) is 9.30. The molecule has 0 spiro atoms. The molecular formula is C9H18IO5P. The van der Waals surface area contributed by atoms with Crippen molar-refractivity contribution in [3.8, 4) is 0 Å². The largest absolute Gasteiger partial charge is 0.385 e. The molecule has 3 atom stereocenters.